The van der Waals surface area contributed by atoms with Crippen LogP contribution in [0.25, 0.3) is 0 Å². The molecule has 0 aliphatic carbocycles. The number of carbonyl (C=O) groups is 1. The molecule has 5 nitrogen and oxygen atoms in total. The van der Waals surface area contributed by atoms with Gasteiger partial charge in [-0.15, -0.1) is 0 Å². The molecule has 0 aromatic heterocycles. The van der Waals surface area contributed by atoms with Crippen LogP contribution < -0.4 is 10.2 Å². The molecule has 1 N–H and O–H groups in total. The Morgan fingerprint density at radius 1 is 0.974 bits per heavy atom. The highest BCUT2D eigenvalue weighted by Gasteiger charge is 2.40. The van der Waals surface area contributed by atoms with E-state index in [9.17, 15) is 26.4 Å². The summed E-state index contributed by atoms with van der Waals surface area (Å²) in [4.78, 5) is 14.9. The summed E-state index contributed by atoms with van der Waals surface area (Å²) in [6.07, 6.45) is -4.24. The first kappa shape index (κ1) is 27.7. The molecule has 0 bridgehead atoms. The molecule has 3 aromatic rings. The fourth-order valence-corrected chi connectivity index (χ4v) is 5.80. The smallest absolute Gasteiger partial charge is 0.370 e. The summed E-state index contributed by atoms with van der Waals surface area (Å²) in [5.41, 5.74) is 2.46. The standard InChI is InChI=1S/C29H31F3N2O3S/c1-4-38(36,37)25-15-5-20(6-16-25)17-27(35)33-23-11-7-21(8-12-23)26-18-34(19-28(26,2)3)24-13-9-22(10-14-24)29(30,31)32/h5-16,26H,4,17-19H2,1-3H3,(H,33,35). The van der Waals surface area contributed by atoms with E-state index in [2.05, 4.69) is 24.1 Å². The Bertz CT molecular complexity index is 1380. The zero-order valence-corrected chi connectivity index (χ0v) is 22.4. The summed E-state index contributed by atoms with van der Waals surface area (Å²) >= 11 is 0. The van der Waals surface area contributed by atoms with Crippen molar-refractivity contribution in [1.29, 1.82) is 0 Å². The minimum atomic E-state index is -4.36. The first-order valence-electron chi connectivity index (χ1n) is 12.4. The molecule has 1 unspecified atom stereocenters. The lowest BCUT2D eigenvalue weighted by molar-refractivity contribution is -0.137. The predicted molar refractivity (Wildman–Crippen MR) is 143 cm³/mol. The van der Waals surface area contributed by atoms with Crippen molar-refractivity contribution in [2.45, 2.75) is 44.2 Å². The van der Waals surface area contributed by atoms with Crippen LogP contribution in [0.3, 0.4) is 0 Å². The van der Waals surface area contributed by atoms with Crippen molar-refractivity contribution < 1.29 is 26.4 Å². The van der Waals surface area contributed by atoms with E-state index >= 15 is 0 Å². The third-order valence-corrected chi connectivity index (χ3v) is 8.88. The first-order valence-corrected chi connectivity index (χ1v) is 14.1. The molecular formula is C29H31F3N2O3S. The van der Waals surface area contributed by atoms with Gasteiger partial charge in [0.2, 0.25) is 5.91 Å². The van der Waals surface area contributed by atoms with E-state index in [0.717, 1.165) is 23.4 Å². The number of anilines is 2. The maximum Gasteiger partial charge on any atom is 0.416 e. The number of rotatable bonds is 7. The monoisotopic (exact) mass is 544 g/mol. The van der Waals surface area contributed by atoms with Crippen LogP contribution >= 0.6 is 0 Å². The van der Waals surface area contributed by atoms with E-state index in [1.807, 2.05) is 24.3 Å². The van der Waals surface area contributed by atoms with Gasteiger partial charge in [-0.25, -0.2) is 8.42 Å². The number of nitrogens with one attached hydrogen (secondary N) is 1. The largest absolute Gasteiger partial charge is 0.416 e. The molecule has 38 heavy (non-hydrogen) atoms. The van der Waals surface area contributed by atoms with Crippen LogP contribution in [0.1, 0.15) is 43.4 Å². The summed E-state index contributed by atoms with van der Waals surface area (Å²) < 4.78 is 62.7. The average Bonchev–Trinajstić information content (AvgIpc) is 3.19. The van der Waals surface area contributed by atoms with Gasteiger partial charge in [-0.05, 0) is 65.1 Å². The summed E-state index contributed by atoms with van der Waals surface area (Å²) in [6.45, 7) is 7.27. The minimum Gasteiger partial charge on any atom is -0.370 e. The molecule has 1 saturated heterocycles. The second-order valence-electron chi connectivity index (χ2n) is 10.4. The number of carbonyl (C=O) groups excluding carboxylic acids is 1. The van der Waals surface area contributed by atoms with Gasteiger partial charge in [0.25, 0.3) is 0 Å². The Labute approximate surface area is 221 Å². The Hall–Kier alpha value is -3.33. The van der Waals surface area contributed by atoms with Crippen LogP contribution in [0.2, 0.25) is 0 Å². The summed E-state index contributed by atoms with van der Waals surface area (Å²) in [5.74, 6) is -0.0282. The minimum absolute atomic E-state index is 0.0218. The summed E-state index contributed by atoms with van der Waals surface area (Å²) in [5, 5.41) is 2.88. The highest BCUT2D eigenvalue weighted by Crippen LogP contribution is 2.44. The molecule has 1 aliphatic heterocycles. The van der Waals surface area contributed by atoms with Gasteiger partial charge in [-0.3, -0.25) is 4.79 Å². The van der Waals surface area contributed by atoms with Crippen LogP contribution in [0.4, 0.5) is 24.5 Å². The van der Waals surface area contributed by atoms with Gasteiger partial charge < -0.3 is 10.2 Å². The first-order chi connectivity index (χ1) is 17.8. The van der Waals surface area contributed by atoms with Crippen LogP contribution in [-0.2, 0) is 27.2 Å². The summed E-state index contributed by atoms with van der Waals surface area (Å²) in [6, 6.07) is 19.3. The fraction of sp³-hybridized carbons (Fsp3) is 0.345. The lowest BCUT2D eigenvalue weighted by Gasteiger charge is -2.26. The van der Waals surface area contributed by atoms with Crippen molar-refractivity contribution in [2.75, 3.05) is 29.1 Å². The maximum atomic E-state index is 12.9. The normalized spacial score (nSPS) is 17.4. The molecule has 1 amide bonds. The van der Waals surface area contributed by atoms with Crippen molar-refractivity contribution in [2.24, 2.45) is 5.41 Å². The van der Waals surface area contributed by atoms with Gasteiger partial charge in [0.05, 0.1) is 22.6 Å². The third-order valence-electron chi connectivity index (χ3n) is 7.13. The highest BCUT2D eigenvalue weighted by atomic mass is 32.2. The van der Waals surface area contributed by atoms with Crippen LogP contribution in [0, 0.1) is 5.41 Å². The van der Waals surface area contributed by atoms with Gasteiger partial charge in [0.1, 0.15) is 0 Å². The Morgan fingerprint density at radius 2 is 1.58 bits per heavy atom. The van der Waals surface area contributed by atoms with Gasteiger partial charge in [-0.2, -0.15) is 13.2 Å². The van der Waals surface area contributed by atoms with Gasteiger partial charge in [0, 0.05) is 30.4 Å². The molecule has 4 rings (SSSR count). The van der Waals surface area contributed by atoms with Gasteiger partial charge in [-0.1, -0.05) is 45.0 Å². The number of benzene rings is 3. The SMILES string of the molecule is CCS(=O)(=O)c1ccc(CC(=O)Nc2ccc(C3CN(c4ccc(C(F)(F)F)cc4)CC3(C)C)cc2)cc1. The molecule has 9 heteroatoms. The van der Waals surface area contributed by atoms with Crippen molar-refractivity contribution in [3.05, 3.63) is 89.5 Å². The number of sulfone groups is 1. The van der Waals surface area contributed by atoms with Crippen molar-refractivity contribution in [3.63, 3.8) is 0 Å². The highest BCUT2D eigenvalue weighted by molar-refractivity contribution is 7.91. The predicted octanol–water partition coefficient (Wildman–Crippen LogP) is 6.31. The van der Waals surface area contributed by atoms with Gasteiger partial charge in [0.15, 0.2) is 9.84 Å². The van der Waals surface area contributed by atoms with Gasteiger partial charge >= 0.3 is 6.18 Å². The Morgan fingerprint density at radius 3 is 2.13 bits per heavy atom. The fourth-order valence-electron chi connectivity index (χ4n) is 4.92. The zero-order chi connectivity index (χ0) is 27.7. The van der Waals surface area contributed by atoms with Crippen molar-refractivity contribution in [3.8, 4) is 0 Å². The Balaban J connectivity index is 1.39. The molecule has 202 valence electrons. The molecule has 0 radical (unpaired) electrons. The zero-order valence-electron chi connectivity index (χ0n) is 21.5. The molecule has 1 aliphatic rings. The van der Waals surface area contributed by atoms with Crippen LogP contribution in [-0.4, -0.2) is 33.2 Å². The number of hydrogen-bond donors (Lipinski definition) is 1. The lowest BCUT2D eigenvalue weighted by Crippen LogP contribution is -2.23. The number of halogens is 3. The maximum absolute atomic E-state index is 12.9. The second-order valence-corrected chi connectivity index (χ2v) is 12.6. The van der Waals surface area contributed by atoms with E-state index in [4.69, 9.17) is 0 Å². The molecule has 3 aromatic carbocycles. The number of hydrogen-bond acceptors (Lipinski definition) is 4. The van der Waals surface area contributed by atoms with Crippen molar-refractivity contribution >= 4 is 27.1 Å². The van der Waals surface area contributed by atoms with Crippen LogP contribution in [0.15, 0.2) is 77.7 Å². The quantitative estimate of drug-likeness (QED) is 0.379. The van der Waals surface area contributed by atoms with E-state index in [1.54, 1.807) is 19.1 Å². The number of amides is 1. The molecule has 1 atom stereocenters. The molecular weight excluding hydrogens is 513 g/mol. The van der Waals surface area contributed by atoms with Crippen LogP contribution in [0.5, 0.6) is 0 Å². The Kier molecular flexibility index (Phi) is 7.61. The van der Waals surface area contributed by atoms with E-state index in [1.165, 1.54) is 24.3 Å². The summed E-state index contributed by atoms with van der Waals surface area (Å²) in [7, 11) is -3.28. The molecule has 1 fully saturated rings. The average molecular weight is 545 g/mol. The van der Waals surface area contributed by atoms with E-state index in [0.29, 0.717) is 24.3 Å². The third kappa shape index (κ3) is 6.20. The number of nitrogens with zero attached hydrogens (tertiary/aromatic N) is 1. The second kappa shape index (κ2) is 10.4. The van der Waals surface area contributed by atoms with Crippen molar-refractivity contribution in [1.82, 2.24) is 0 Å². The molecule has 0 saturated carbocycles. The molecule has 0 spiro atoms. The lowest BCUT2D eigenvalue weighted by atomic mass is 9.78. The topological polar surface area (TPSA) is 66.5 Å². The number of alkyl halides is 3. The van der Waals surface area contributed by atoms with E-state index < -0.39 is 21.6 Å². The molecule has 1 heterocycles. The van der Waals surface area contributed by atoms with E-state index in [-0.39, 0.29) is 34.3 Å².